The predicted molar refractivity (Wildman–Crippen MR) is 55.3 cm³/mol. The summed E-state index contributed by atoms with van der Waals surface area (Å²) >= 11 is 0. The van der Waals surface area contributed by atoms with Crippen LogP contribution in [0.5, 0.6) is 0 Å². The Hall–Kier alpha value is -1.72. The lowest BCUT2D eigenvalue weighted by atomic mass is 9.96. The molecule has 3 nitrogen and oxygen atoms in total. The van der Waals surface area contributed by atoms with Crippen LogP contribution >= 0.6 is 0 Å². The zero-order valence-corrected chi connectivity index (χ0v) is 8.84. The largest absolute Gasteiger partial charge is 0.416 e. The lowest BCUT2D eigenvalue weighted by molar-refractivity contribution is -0.138. The molecule has 92 valence electrons. The molecule has 1 atom stereocenters. The van der Waals surface area contributed by atoms with E-state index in [4.69, 9.17) is 0 Å². The lowest BCUT2D eigenvalue weighted by Crippen LogP contribution is -2.45. The highest BCUT2D eigenvalue weighted by Crippen LogP contribution is 2.35. The van der Waals surface area contributed by atoms with E-state index in [1.807, 2.05) is 0 Å². The average Bonchev–Trinajstić information content (AvgIpc) is 2.28. The fraction of sp³-hybridized carbons (Fsp3) is 0.364. The number of nitrogens with one attached hydrogen (secondary N) is 2. The van der Waals surface area contributed by atoms with Crippen molar-refractivity contribution < 1.29 is 18.0 Å². The number of rotatable bonds is 1. The molecule has 1 saturated heterocycles. The molecule has 2 N–H and O–H groups in total. The van der Waals surface area contributed by atoms with E-state index in [1.165, 1.54) is 12.1 Å². The minimum absolute atomic E-state index is 0.120. The van der Waals surface area contributed by atoms with Gasteiger partial charge in [0.2, 0.25) is 0 Å². The molecule has 17 heavy (non-hydrogen) atoms. The van der Waals surface area contributed by atoms with Crippen molar-refractivity contribution in [3.8, 4) is 0 Å². The van der Waals surface area contributed by atoms with Crippen molar-refractivity contribution in [2.75, 3.05) is 6.54 Å². The maximum Gasteiger partial charge on any atom is 0.416 e. The summed E-state index contributed by atoms with van der Waals surface area (Å²) in [7, 11) is 0. The van der Waals surface area contributed by atoms with E-state index in [1.54, 1.807) is 6.07 Å². The Bertz CT molecular complexity index is 431. The van der Waals surface area contributed by atoms with Gasteiger partial charge in [0, 0.05) is 6.54 Å². The van der Waals surface area contributed by atoms with Crippen molar-refractivity contribution in [1.29, 1.82) is 0 Å². The smallest absolute Gasteiger partial charge is 0.338 e. The average molecular weight is 244 g/mol. The maximum atomic E-state index is 12.8. The van der Waals surface area contributed by atoms with E-state index in [-0.39, 0.29) is 5.56 Å². The molecular weight excluding hydrogens is 233 g/mol. The van der Waals surface area contributed by atoms with Crippen LogP contribution < -0.4 is 10.6 Å². The van der Waals surface area contributed by atoms with Crippen molar-refractivity contribution in [2.45, 2.75) is 18.6 Å². The third kappa shape index (κ3) is 2.51. The Kier molecular flexibility index (Phi) is 2.95. The van der Waals surface area contributed by atoms with E-state index in [0.29, 0.717) is 13.0 Å². The number of halogens is 3. The van der Waals surface area contributed by atoms with E-state index in [9.17, 15) is 18.0 Å². The quantitative estimate of drug-likeness (QED) is 0.782. The number of amides is 2. The molecule has 2 rings (SSSR count). The van der Waals surface area contributed by atoms with Crippen LogP contribution in [0.3, 0.4) is 0 Å². The van der Waals surface area contributed by atoms with Gasteiger partial charge in [0.15, 0.2) is 0 Å². The van der Waals surface area contributed by atoms with Gasteiger partial charge in [-0.3, -0.25) is 0 Å². The van der Waals surface area contributed by atoms with Crippen LogP contribution in [0.4, 0.5) is 18.0 Å². The number of carbonyl (C=O) groups is 1. The maximum absolute atomic E-state index is 12.8. The molecule has 1 aromatic rings. The summed E-state index contributed by atoms with van der Waals surface area (Å²) in [5, 5.41) is 5.00. The van der Waals surface area contributed by atoms with Gasteiger partial charge in [-0.15, -0.1) is 0 Å². The van der Waals surface area contributed by atoms with Gasteiger partial charge >= 0.3 is 12.2 Å². The number of hydrogen-bond donors (Lipinski definition) is 2. The van der Waals surface area contributed by atoms with Gasteiger partial charge in [0.05, 0.1) is 11.6 Å². The molecule has 0 radical (unpaired) electrons. The van der Waals surface area contributed by atoms with Crippen LogP contribution in [0.1, 0.15) is 23.6 Å². The first-order valence-corrected chi connectivity index (χ1v) is 5.19. The third-order valence-electron chi connectivity index (χ3n) is 2.67. The van der Waals surface area contributed by atoms with Crippen LogP contribution in [-0.2, 0) is 6.18 Å². The fourth-order valence-corrected chi connectivity index (χ4v) is 1.90. The summed E-state index contributed by atoms with van der Waals surface area (Å²) in [6.45, 7) is 0.378. The van der Waals surface area contributed by atoms with Crippen molar-refractivity contribution >= 4 is 6.03 Å². The first-order chi connectivity index (χ1) is 7.98. The summed E-state index contributed by atoms with van der Waals surface area (Å²) in [4.78, 5) is 11.1. The SMILES string of the molecule is O=C1NCCC(c2ccccc2C(F)(F)F)N1. The van der Waals surface area contributed by atoms with Gasteiger partial charge in [0.25, 0.3) is 0 Å². The van der Waals surface area contributed by atoms with Crippen LogP contribution in [-0.4, -0.2) is 12.6 Å². The second-order valence-corrected chi connectivity index (χ2v) is 3.83. The Morgan fingerprint density at radius 2 is 1.94 bits per heavy atom. The summed E-state index contributed by atoms with van der Waals surface area (Å²) < 4.78 is 38.3. The standard InChI is InChI=1S/C11H11F3N2O/c12-11(13,14)8-4-2-1-3-7(8)9-5-6-15-10(17)16-9/h1-4,9H,5-6H2,(H2,15,16,17). The van der Waals surface area contributed by atoms with Gasteiger partial charge in [0.1, 0.15) is 0 Å². The molecular formula is C11H11F3N2O. The van der Waals surface area contributed by atoms with Crippen molar-refractivity contribution in [3.63, 3.8) is 0 Å². The Balaban J connectivity index is 2.34. The van der Waals surface area contributed by atoms with Crippen molar-refractivity contribution in [3.05, 3.63) is 35.4 Å². The van der Waals surface area contributed by atoms with E-state index in [2.05, 4.69) is 10.6 Å². The van der Waals surface area contributed by atoms with Gasteiger partial charge < -0.3 is 10.6 Å². The molecule has 0 bridgehead atoms. The van der Waals surface area contributed by atoms with Crippen molar-refractivity contribution in [1.82, 2.24) is 10.6 Å². The third-order valence-corrected chi connectivity index (χ3v) is 2.67. The molecule has 1 unspecified atom stereocenters. The Morgan fingerprint density at radius 1 is 1.24 bits per heavy atom. The molecule has 6 heteroatoms. The number of carbonyl (C=O) groups excluding carboxylic acids is 1. The molecule has 1 heterocycles. The minimum atomic E-state index is -4.40. The highest BCUT2D eigenvalue weighted by Gasteiger charge is 2.35. The first kappa shape index (κ1) is 11.8. The Morgan fingerprint density at radius 3 is 2.59 bits per heavy atom. The zero-order valence-electron chi connectivity index (χ0n) is 8.84. The molecule has 0 aromatic heterocycles. The van der Waals surface area contributed by atoms with Gasteiger partial charge in [-0.25, -0.2) is 4.79 Å². The van der Waals surface area contributed by atoms with E-state index < -0.39 is 23.8 Å². The van der Waals surface area contributed by atoms with Crippen LogP contribution in [0, 0.1) is 0 Å². The normalized spacial score (nSPS) is 20.6. The van der Waals surface area contributed by atoms with Crippen LogP contribution in [0.25, 0.3) is 0 Å². The summed E-state index contributed by atoms with van der Waals surface area (Å²) in [6.07, 6.45) is -3.95. The monoisotopic (exact) mass is 244 g/mol. The van der Waals surface area contributed by atoms with Gasteiger partial charge in [-0.1, -0.05) is 18.2 Å². The molecule has 1 fully saturated rings. The molecule has 0 saturated carbocycles. The second-order valence-electron chi connectivity index (χ2n) is 3.83. The van der Waals surface area contributed by atoms with Crippen LogP contribution in [0.15, 0.2) is 24.3 Å². The number of urea groups is 1. The first-order valence-electron chi connectivity index (χ1n) is 5.19. The van der Waals surface area contributed by atoms with Gasteiger partial charge in [-0.2, -0.15) is 13.2 Å². The van der Waals surface area contributed by atoms with E-state index >= 15 is 0 Å². The lowest BCUT2D eigenvalue weighted by Gasteiger charge is -2.26. The highest BCUT2D eigenvalue weighted by molar-refractivity contribution is 5.75. The summed E-state index contributed by atoms with van der Waals surface area (Å²) in [5.41, 5.74) is -0.568. The minimum Gasteiger partial charge on any atom is -0.338 e. The molecule has 1 aliphatic heterocycles. The number of alkyl halides is 3. The summed E-state index contributed by atoms with van der Waals surface area (Å²) in [5.74, 6) is 0. The second kappa shape index (κ2) is 4.27. The van der Waals surface area contributed by atoms with E-state index in [0.717, 1.165) is 6.07 Å². The van der Waals surface area contributed by atoms with Crippen LogP contribution in [0.2, 0.25) is 0 Å². The number of benzene rings is 1. The molecule has 1 aromatic carbocycles. The van der Waals surface area contributed by atoms with Crippen molar-refractivity contribution in [2.24, 2.45) is 0 Å². The van der Waals surface area contributed by atoms with Gasteiger partial charge in [-0.05, 0) is 18.1 Å². The predicted octanol–water partition coefficient (Wildman–Crippen LogP) is 2.45. The topological polar surface area (TPSA) is 41.1 Å². The Labute approximate surface area is 96.0 Å². The zero-order chi connectivity index (χ0) is 12.5. The molecule has 0 aliphatic carbocycles. The highest BCUT2D eigenvalue weighted by atomic mass is 19.4. The molecule has 2 amide bonds. The molecule has 0 spiro atoms. The number of hydrogen-bond acceptors (Lipinski definition) is 1. The summed E-state index contributed by atoms with van der Waals surface area (Å²) in [6, 6.07) is 4.30. The fourth-order valence-electron chi connectivity index (χ4n) is 1.90. The molecule has 1 aliphatic rings.